The van der Waals surface area contributed by atoms with Crippen molar-refractivity contribution in [3.8, 4) is 5.75 Å². The molecule has 2 heterocycles. The first-order chi connectivity index (χ1) is 13.8. The van der Waals surface area contributed by atoms with Gasteiger partial charge in [-0.25, -0.2) is 0 Å². The predicted molar refractivity (Wildman–Crippen MR) is 105 cm³/mol. The number of Topliss-reactive ketones (excluding diaryl/α,β-unsaturated/α-hetero) is 1. The molecule has 0 fully saturated rings. The van der Waals surface area contributed by atoms with E-state index in [1.165, 1.54) is 23.1 Å². The van der Waals surface area contributed by atoms with Crippen molar-refractivity contribution in [1.82, 2.24) is 0 Å². The molecule has 0 saturated carbocycles. The lowest BCUT2D eigenvalue weighted by atomic mass is 10.0. The van der Waals surface area contributed by atoms with Gasteiger partial charge in [-0.15, -0.1) is 0 Å². The molecular formula is C21H18N2O6. The standard InChI is InChI=1S/C21H18N2O6/c1-12(2)20-21(25)22(15-8-7-14(23(26)27)10-18(15)29-20)11-16(24)19-9-13-5-3-4-6-17(13)28-19/h3-10,12,20H,11H2,1-2H3. The molecule has 8 nitrogen and oxygen atoms in total. The maximum atomic E-state index is 13.0. The van der Waals surface area contributed by atoms with Gasteiger partial charge in [0, 0.05) is 11.5 Å². The minimum Gasteiger partial charge on any atom is -0.478 e. The summed E-state index contributed by atoms with van der Waals surface area (Å²) < 4.78 is 11.3. The van der Waals surface area contributed by atoms with Gasteiger partial charge >= 0.3 is 0 Å². The summed E-state index contributed by atoms with van der Waals surface area (Å²) >= 11 is 0. The Morgan fingerprint density at radius 3 is 2.66 bits per heavy atom. The normalized spacial score (nSPS) is 16.0. The lowest BCUT2D eigenvalue weighted by molar-refractivity contribution is -0.384. The summed E-state index contributed by atoms with van der Waals surface area (Å²) in [4.78, 5) is 37.7. The van der Waals surface area contributed by atoms with Gasteiger partial charge in [0.25, 0.3) is 11.6 Å². The van der Waals surface area contributed by atoms with Crippen LogP contribution in [0, 0.1) is 16.0 Å². The van der Waals surface area contributed by atoms with E-state index in [1.807, 2.05) is 32.0 Å². The third kappa shape index (κ3) is 3.33. The topological polar surface area (TPSA) is 103 Å². The maximum Gasteiger partial charge on any atom is 0.273 e. The number of carbonyl (C=O) groups excluding carboxylic acids is 2. The summed E-state index contributed by atoms with van der Waals surface area (Å²) in [5.74, 6) is -0.572. The van der Waals surface area contributed by atoms with Gasteiger partial charge in [-0.05, 0) is 24.1 Å². The van der Waals surface area contributed by atoms with Crippen LogP contribution in [0.3, 0.4) is 0 Å². The molecule has 2 aromatic carbocycles. The second kappa shape index (κ2) is 7.05. The molecule has 0 aliphatic carbocycles. The lowest BCUT2D eigenvalue weighted by Gasteiger charge is -2.35. The molecule has 29 heavy (non-hydrogen) atoms. The molecule has 148 valence electrons. The molecule has 3 aromatic rings. The fourth-order valence-corrected chi connectivity index (χ4v) is 3.32. The number of furan rings is 1. The van der Waals surface area contributed by atoms with Crippen LogP contribution >= 0.6 is 0 Å². The first-order valence-corrected chi connectivity index (χ1v) is 9.13. The highest BCUT2D eigenvalue weighted by Crippen LogP contribution is 2.38. The molecule has 8 heteroatoms. The Hall–Kier alpha value is -3.68. The monoisotopic (exact) mass is 394 g/mol. The molecule has 1 unspecified atom stereocenters. The van der Waals surface area contributed by atoms with Gasteiger partial charge in [0.05, 0.1) is 23.2 Å². The van der Waals surface area contributed by atoms with Crippen LogP contribution in [0.5, 0.6) is 5.75 Å². The molecule has 1 atom stereocenters. The number of nitro groups is 1. The van der Waals surface area contributed by atoms with Crippen molar-refractivity contribution in [2.75, 3.05) is 11.4 Å². The van der Waals surface area contributed by atoms with E-state index in [0.29, 0.717) is 11.3 Å². The van der Waals surface area contributed by atoms with Crippen LogP contribution in [-0.2, 0) is 4.79 Å². The van der Waals surface area contributed by atoms with Crippen LogP contribution in [0.4, 0.5) is 11.4 Å². The van der Waals surface area contributed by atoms with Gasteiger partial charge in [-0.3, -0.25) is 24.6 Å². The Bertz CT molecular complexity index is 1100. The first kappa shape index (κ1) is 18.7. The molecule has 0 radical (unpaired) electrons. The first-order valence-electron chi connectivity index (χ1n) is 9.13. The van der Waals surface area contributed by atoms with Gasteiger partial charge in [0.15, 0.2) is 17.6 Å². The number of fused-ring (bicyclic) bond motifs is 2. The molecule has 1 aromatic heterocycles. The summed E-state index contributed by atoms with van der Waals surface area (Å²) in [7, 11) is 0. The molecule has 0 spiro atoms. The third-order valence-electron chi connectivity index (χ3n) is 4.82. The van der Waals surface area contributed by atoms with E-state index in [0.717, 1.165) is 5.39 Å². The number of ketones is 1. The number of rotatable bonds is 5. The quantitative estimate of drug-likeness (QED) is 0.368. The van der Waals surface area contributed by atoms with Gasteiger partial charge < -0.3 is 9.15 Å². The van der Waals surface area contributed by atoms with Crippen molar-refractivity contribution >= 4 is 34.0 Å². The lowest BCUT2D eigenvalue weighted by Crippen LogP contribution is -2.50. The Kier molecular flexibility index (Phi) is 4.54. The van der Waals surface area contributed by atoms with Crippen molar-refractivity contribution in [3.05, 3.63) is 64.4 Å². The number of anilines is 1. The molecule has 0 saturated heterocycles. The van der Waals surface area contributed by atoms with Crippen LogP contribution in [0.25, 0.3) is 11.0 Å². The van der Waals surface area contributed by atoms with Gasteiger partial charge in [-0.2, -0.15) is 0 Å². The fraction of sp³-hybridized carbons (Fsp3) is 0.238. The number of benzene rings is 2. The Labute approximate surface area is 165 Å². The number of ether oxygens (including phenoxy) is 1. The minimum atomic E-state index is -0.840. The predicted octanol–water partition coefficient (Wildman–Crippen LogP) is 3.97. The van der Waals surface area contributed by atoms with Crippen LogP contribution in [0.1, 0.15) is 24.4 Å². The molecule has 0 N–H and O–H groups in total. The van der Waals surface area contributed by atoms with Crippen LogP contribution in [0.2, 0.25) is 0 Å². The third-order valence-corrected chi connectivity index (χ3v) is 4.82. The molecule has 4 rings (SSSR count). The smallest absolute Gasteiger partial charge is 0.273 e. The number of nitrogens with zero attached hydrogens (tertiary/aromatic N) is 2. The summed E-state index contributed by atoms with van der Waals surface area (Å²) in [6, 6.07) is 12.9. The van der Waals surface area contributed by atoms with Crippen LogP contribution in [0.15, 0.2) is 52.9 Å². The van der Waals surface area contributed by atoms with E-state index >= 15 is 0 Å². The van der Waals surface area contributed by atoms with Crippen molar-refractivity contribution in [3.63, 3.8) is 0 Å². The average molecular weight is 394 g/mol. The molecular weight excluding hydrogens is 376 g/mol. The maximum absolute atomic E-state index is 13.0. The number of amides is 1. The zero-order valence-corrected chi connectivity index (χ0v) is 15.8. The van der Waals surface area contributed by atoms with E-state index in [1.54, 1.807) is 12.1 Å². The number of nitro benzene ring substituents is 1. The van der Waals surface area contributed by atoms with E-state index in [9.17, 15) is 19.7 Å². The second-order valence-electron chi connectivity index (χ2n) is 7.19. The second-order valence-corrected chi connectivity index (χ2v) is 7.19. The Morgan fingerprint density at radius 1 is 1.21 bits per heavy atom. The largest absolute Gasteiger partial charge is 0.478 e. The Morgan fingerprint density at radius 2 is 1.97 bits per heavy atom. The number of hydrogen-bond donors (Lipinski definition) is 0. The van der Waals surface area contributed by atoms with Gasteiger partial charge in [0.1, 0.15) is 5.58 Å². The number of non-ortho nitro benzene ring substituents is 1. The summed E-state index contributed by atoms with van der Waals surface area (Å²) in [5, 5.41) is 11.9. The summed E-state index contributed by atoms with van der Waals surface area (Å²) in [5.41, 5.74) is 0.756. The number of hydrogen-bond acceptors (Lipinski definition) is 6. The fourth-order valence-electron chi connectivity index (χ4n) is 3.32. The zero-order valence-electron chi connectivity index (χ0n) is 15.8. The van der Waals surface area contributed by atoms with Crippen molar-refractivity contribution in [2.24, 2.45) is 5.92 Å². The molecule has 1 aliphatic rings. The number of carbonyl (C=O) groups is 2. The molecule has 1 aliphatic heterocycles. The summed E-state index contributed by atoms with van der Waals surface area (Å²) in [6.07, 6.45) is -0.840. The SMILES string of the molecule is CC(C)C1Oc2cc([N+](=O)[O-])ccc2N(CC(=O)c2cc3ccccc3o2)C1=O. The molecule has 0 bridgehead atoms. The average Bonchev–Trinajstić information content (AvgIpc) is 3.13. The molecule has 1 amide bonds. The van der Waals surface area contributed by atoms with Crippen molar-refractivity contribution < 1.29 is 23.7 Å². The highest BCUT2D eigenvalue weighted by Gasteiger charge is 2.38. The van der Waals surface area contributed by atoms with E-state index in [2.05, 4.69) is 0 Å². The minimum absolute atomic E-state index is 0.148. The van der Waals surface area contributed by atoms with Gasteiger partial charge in [0.2, 0.25) is 5.78 Å². The summed E-state index contributed by atoms with van der Waals surface area (Å²) in [6.45, 7) is 3.37. The van der Waals surface area contributed by atoms with Gasteiger partial charge in [-0.1, -0.05) is 32.0 Å². The highest BCUT2D eigenvalue weighted by molar-refractivity contribution is 6.08. The van der Waals surface area contributed by atoms with Crippen molar-refractivity contribution in [1.29, 1.82) is 0 Å². The van der Waals surface area contributed by atoms with E-state index in [4.69, 9.17) is 9.15 Å². The van der Waals surface area contributed by atoms with E-state index < -0.39 is 11.0 Å². The highest BCUT2D eigenvalue weighted by atomic mass is 16.6. The Balaban J connectivity index is 1.70. The van der Waals surface area contributed by atoms with Crippen molar-refractivity contribution in [2.45, 2.75) is 20.0 Å². The number of para-hydroxylation sites is 1. The van der Waals surface area contributed by atoms with E-state index in [-0.39, 0.29) is 41.4 Å². The zero-order chi connectivity index (χ0) is 20.7. The van der Waals surface area contributed by atoms with Crippen LogP contribution in [-0.4, -0.2) is 29.3 Å². The van der Waals surface area contributed by atoms with Crippen LogP contribution < -0.4 is 9.64 Å².